The maximum atomic E-state index is 12.7. The van der Waals surface area contributed by atoms with Gasteiger partial charge in [-0.2, -0.15) is 0 Å². The van der Waals surface area contributed by atoms with Gasteiger partial charge in [-0.05, 0) is 23.8 Å². The molecule has 138 valence electrons. The summed E-state index contributed by atoms with van der Waals surface area (Å²) in [6.07, 6.45) is 1.84. The first kappa shape index (κ1) is 19.0. The van der Waals surface area contributed by atoms with Gasteiger partial charge in [-0.1, -0.05) is 36.1 Å². The Balaban J connectivity index is 1.61. The summed E-state index contributed by atoms with van der Waals surface area (Å²) in [6.45, 7) is 6.14. The summed E-state index contributed by atoms with van der Waals surface area (Å²) in [5.74, 6) is -0.155. The van der Waals surface area contributed by atoms with E-state index in [9.17, 15) is 9.59 Å². The molecule has 3 rings (SSSR count). The summed E-state index contributed by atoms with van der Waals surface area (Å²) in [7, 11) is 0. The maximum Gasteiger partial charge on any atom is 0.266 e. The van der Waals surface area contributed by atoms with Crippen molar-refractivity contribution >= 4 is 51.9 Å². The Kier molecular flexibility index (Phi) is 6.42. The topological polar surface area (TPSA) is 61.9 Å². The number of hydrogen-bond acceptors (Lipinski definition) is 6. The van der Waals surface area contributed by atoms with Crippen molar-refractivity contribution in [1.29, 1.82) is 0 Å². The number of morpholine rings is 1. The van der Waals surface area contributed by atoms with E-state index in [1.807, 2.05) is 30.3 Å². The molecule has 2 heterocycles. The zero-order valence-corrected chi connectivity index (χ0v) is 16.2. The monoisotopic (exact) mass is 391 g/mol. The third kappa shape index (κ3) is 4.91. The van der Waals surface area contributed by atoms with E-state index in [-0.39, 0.29) is 11.8 Å². The molecule has 2 aliphatic rings. The smallest absolute Gasteiger partial charge is 0.266 e. The Morgan fingerprint density at radius 3 is 2.62 bits per heavy atom. The number of hydrogen-bond donors (Lipinski definition) is 1. The second kappa shape index (κ2) is 8.77. The molecule has 8 heteroatoms. The van der Waals surface area contributed by atoms with Crippen LogP contribution >= 0.6 is 24.0 Å². The van der Waals surface area contributed by atoms with Gasteiger partial charge in [-0.15, -0.1) is 0 Å². The lowest BCUT2D eigenvalue weighted by Crippen LogP contribution is -2.42. The molecule has 0 radical (unpaired) electrons. The number of thioether (sulfide) groups is 1. The van der Waals surface area contributed by atoms with Crippen molar-refractivity contribution in [2.45, 2.75) is 6.92 Å². The predicted octanol–water partition coefficient (Wildman–Crippen LogP) is 2.18. The highest BCUT2D eigenvalue weighted by Gasteiger charge is 2.32. The van der Waals surface area contributed by atoms with E-state index in [4.69, 9.17) is 17.0 Å². The molecular formula is C18H21N3O3S2. The number of nitrogens with one attached hydrogen (secondary N) is 1. The zero-order chi connectivity index (χ0) is 18.5. The van der Waals surface area contributed by atoms with Crippen molar-refractivity contribution in [2.24, 2.45) is 0 Å². The van der Waals surface area contributed by atoms with Gasteiger partial charge in [0.25, 0.3) is 5.91 Å². The van der Waals surface area contributed by atoms with Gasteiger partial charge in [0.15, 0.2) is 0 Å². The Morgan fingerprint density at radius 2 is 1.96 bits per heavy atom. The molecule has 0 spiro atoms. The van der Waals surface area contributed by atoms with Gasteiger partial charge in [0, 0.05) is 38.8 Å². The van der Waals surface area contributed by atoms with Gasteiger partial charge in [0.05, 0.1) is 18.1 Å². The van der Waals surface area contributed by atoms with Crippen LogP contribution in [0.2, 0.25) is 0 Å². The fraction of sp³-hybridized carbons (Fsp3) is 0.389. The molecule has 0 atom stereocenters. The molecule has 1 aromatic carbocycles. The fourth-order valence-corrected chi connectivity index (χ4v) is 4.08. The number of benzene rings is 1. The van der Waals surface area contributed by atoms with E-state index in [0.29, 0.717) is 15.8 Å². The molecule has 2 saturated heterocycles. The van der Waals surface area contributed by atoms with Gasteiger partial charge in [-0.25, -0.2) is 0 Å². The van der Waals surface area contributed by atoms with Crippen molar-refractivity contribution in [3.05, 3.63) is 34.7 Å². The summed E-state index contributed by atoms with van der Waals surface area (Å²) in [5, 5.41) is 2.72. The van der Waals surface area contributed by atoms with E-state index in [2.05, 4.69) is 10.2 Å². The highest BCUT2D eigenvalue weighted by molar-refractivity contribution is 8.26. The largest absolute Gasteiger partial charge is 0.379 e. The second-order valence-electron chi connectivity index (χ2n) is 6.09. The summed E-state index contributed by atoms with van der Waals surface area (Å²) in [4.78, 5) is 28.3. The summed E-state index contributed by atoms with van der Waals surface area (Å²) in [5.41, 5.74) is 1.63. The molecule has 0 bridgehead atoms. The molecule has 1 N–H and O–H groups in total. The molecule has 0 aliphatic carbocycles. The molecule has 2 fully saturated rings. The van der Waals surface area contributed by atoms with Crippen LogP contribution in [0.15, 0.2) is 29.2 Å². The lowest BCUT2D eigenvalue weighted by Gasteiger charge is -2.28. The van der Waals surface area contributed by atoms with Crippen molar-refractivity contribution in [1.82, 2.24) is 9.80 Å². The van der Waals surface area contributed by atoms with Crippen molar-refractivity contribution in [3.63, 3.8) is 0 Å². The quantitative estimate of drug-likeness (QED) is 0.613. The molecule has 0 saturated carbocycles. The van der Waals surface area contributed by atoms with Gasteiger partial charge in [0.2, 0.25) is 5.91 Å². The Morgan fingerprint density at radius 1 is 1.27 bits per heavy atom. The van der Waals surface area contributed by atoms with Crippen LogP contribution < -0.4 is 5.32 Å². The van der Waals surface area contributed by atoms with Crippen LogP contribution in [-0.4, -0.2) is 65.3 Å². The molecule has 6 nitrogen and oxygen atoms in total. The average molecular weight is 392 g/mol. The Hall–Kier alpha value is -1.74. The van der Waals surface area contributed by atoms with Crippen molar-refractivity contribution in [3.8, 4) is 0 Å². The highest BCUT2D eigenvalue weighted by Crippen LogP contribution is 2.32. The van der Waals surface area contributed by atoms with Crippen LogP contribution in [0.25, 0.3) is 6.08 Å². The van der Waals surface area contributed by atoms with Crippen LogP contribution in [0, 0.1) is 0 Å². The van der Waals surface area contributed by atoms with E-state index < -0.39 is 0 Å². The first-order valence-corrected chi connectivity index (χ1v) is 9.68. The Bertz CT molecular complexity index is 728. The van der Waals surface area contributed by atoms with Crippen LogP contribution in [0.5, 0.6) is 0 Å². The third-order valence-electron chi connectivity index (χ3n) is 4.15. The molecule has 2 aliphatic heterocycles. The minimum absolute atomic E-state index is 0.0424. The minimum atomic E-state index is -0.112. The number of carbonyl (C=O) groups excluding carboxylic acids is 2. The predicted molar refractivity (Wildman–Crippen MR) is 108 cm³/mol. The SMILES string of the molecule is CC(=O)Nc1ccc(C=C2SC(=S)N(CCN3CCOCC3)C2=O)cc1. The lowest BCUT2D eigenvalue weighted by atomic mass is 10.2. The third-order valence-corrected chi connectivity index (χ3v) is 5.52. The maximum absolute atomic E-state index is 12.7. The number of ether oxygens (including phenoxy) is 1. The van der Waals surface area contributed by atoms with Crippen LogP contribution in [-0.2, 0) is 14.3 Å². The molecule has 0 unspecified atom stereocenters. The number of rotatable bonds is 5. The standard InChI is InChI=1S/C18H21N3O3S2/c1-13(22)19-15-4-2-14(3-5-15)12-16-17(23)21(18(25)26-16)7-6-20-8-10-24-11-9-20/h2-5,12H,6-11H2,1H3,(H,19,22). The number of carbonyl (C=O) groups is 2. The average Bonchev–Trinajstić information content (AvgIpc) is 2.89. The number of nitrogens with zero attached hydrogens (tertiary/aromatic N) is 2. The van der Waals surface area contributed by atoms with E-state index in [0.717, 1.165) is 44.1 Å². The van der Waals surface area contributed by atoms with Crippen LogP contribution in [0.3, 0.4) is 0 Å². The normalized spacial score (nSPS) is 20.0. The summed E-state index contributed by atoms with van der Waals surface area (Å²) in [6, 6.07) is 7.36. The van der Waals surface area contributed by atoms with Crippen LogP contribution in [0.1, 0.15) is 12.5 Å². The number of amides is 2. The lowest BCUT2D eigenvalue weighted by molar-refractivity contribution is -0.122. The van der Waals surface area contributed by atoms with Gasteiger partial charge >= 0.3 is 0 Å². The van der Waals surface area contributed by atoms with Crippen LogP contribution in [0.4, 0.5) is 5.69 Å². The van der Waals surface area contributed by atoms with Gasteiger partial charge in [-0.3, -0.25) is 19.4 Å². The van der Waals surface area contributed by atoms with E-state index >= 15 is 0 Å². The Labute approximate surface area is 162 Å². The van der Waals surface area contributed by atoms with Gasteiger partial charge in [0.1, 0.15) is 4.32 Å². The molecule has 2 amide bonds. The first-order chi connectivity index (χ1) is 12.5. The summed E-state index contributed by atoms with van der Waals surface area (Å²) < 4.78 is 5.94. The molecule has 1 aromatic rings. The van der Waals surface area contributed by atoms with E-state index in [1.165, 1.54) is 18.7 Å². The minimum Gasteiger partial charge on any atom is -0.379 e. The van der Waals surface area contributed by atoms with Crippen molar-refractivity contribution < 1.29 is 14.3 Å². The number of anilines is 1. The molecule has 0 aromatic heterocycles. The van der Waals surface area contributed by atoms with Gasteiger partial charge < -0.3 is 10.1 Å². The molecular weight excluding hydrogens is 370 g/mol. The first-order valence-electron chi connectivity index (χ1n) is 8.46. The second-order valence-corrected chi connectivity index (χ2v) is 7.77. The number of thiocarbonyl (C=S) groups is 1. The summed E-state index contributed by atoms with van der Waals surface area (Å²) >= 11 is 6.72. The highest BCUT2D eigenvalue weighted by atomic mass is 32.2. The zero-order valence-electron chi connectivity index (χ0n) is 14.6. The fourth-order valence-electron chi connectivity index (χ4n) is 2.78. The van der Waals surface area contributed by atoms with Crippen molar-refractivity contribution in [2.75, 3.05) is 44.7 Å². The molecule has 26 heavy (non-hydrogen) atoms. The van der Waals surface area contributed by atoms with E-state index in [1.54, 1.807) is 4.90 Å².